The lowest BCUT2D eigenvalue weighted by Crippen LogP contribution is -2.20. The SMILES string of the molecule is COc1ccccc1CN1CCC(c2nc3ccc(F)cc3[nH]2)C1. The van der Waals surface area contributed by atoms with Gasteiger partial charge in [-0.25, -0.2) is 9.37 Å². The van der Waals surface area contributed by atoms with Gasteiger partial charge in [0.15, 0.2) is 0 Å². The highest BCUT2D eigenvalue weighted by Gasteiger charge is 2.26. The van der Waals surface area contributed by atoms with Gasteiger partial charge >= 0.3 is 0 Å². The maximum atomic E-state index is 13.3. The molecule has 0 radical (unpaired) electrons. The number of methoxy groups -OCH3 is 1. The third-order valence-electron chi connectivity index (χ3n) is 4.71. The maximum Gasteiger partial charge on any atom is 0.125 e. The summed E-state index contributed by atoms with van der Waals surface area (Å²) in [5.41, 5.74) is 2.80. The molecule has 1 N–H and O–H groups in total. The van der Waals surface area contributed by atoms with Gasteiger partial charge in [0.25, 0.3) is 0 Å². The van der Waals surface area contributed by atoms with Crippen LogP contribution >= 0.6 is 0 Å². The molecule has 0 spiro atoms. The second kappa shape index (κ2) is 6.24. The molecule has 4 nitrogen and oxygen atoms in total. The summed E-state index contributed by atoms with van der Waals surface area (Å²) in [6.07, 6.45) is 1.05. The van der Waals surface area contributed by atoms with E-state index in [9.17, 15) is 4.39 Å². The van der Waals surface area contributed by atoms with Crippen molar-refractivity contribution in [2.45, 2.75) is 18.9 Å². The van der Waals surface area contributed by atoms with Crippen LogP contribution in [-0.4, -0.2) is 35.1 Å². The number of fused-ring (bicyclic) bond motifs is 1. The highest BCUT2D eigenvalue weighted by atomic mass is 19.1. The Morgan fingerprint density at radius 1 is 1.29 bits per heavy atom. The number of benzene rings is 2. The van der Waals surface area contributed by atoms with Crippen LogP contribution in [0.25, 0.3) is 11.0 Å². The van der Waals surface area contributed by atoms with E-state index in [1.165, 1.54) is 17.7 Å². The number of rotatable bonds is 4. The number of nitrogens with one attached hydrogen (secondary N) is 1. The molecule has 0 aliphatic carbocycles. The van der Waals surface area contributed by atoms with Gasteiger partial charge in [0.05, 0.1) is 18.1 Å². The monoisotopic (exact) mass is 325 g/mol. The van der Waals surface area contributed by atoms with Crippen LogP contribution in [0, 0.1) is 5.82 Å². The van der Waals surface area contributed by atoms with Crippen LogP contribution in [-0.2, 0) is 6.54 Å². The van der Waals surface area contributed by atoms with E-state index in [0.717, 1.165) is 48.7 Å². The predicted molar refractivity (Wildman–Crippen MR) is 91.7 cm³/mol. The van der Waals surface area contributed by atoms with Crippen molar-refractivity contribution in [3.63, 3.8) is 0 Å². The Hall–Kier alpha value is -2.40. The lowest BCUT2D eigenvalue weighted by molar-refractivity contribution is 0.316. The summed E-state index contributed by atoms with van der Waals surface area (Å²) < 4.78 is 18.8. The van der Waals surface area contributed by atoms with E-state index in [0.29, 0.717) is 5.92 Å². The Bertz CT molecular complexity index is 861. The molecule has 1 aliphatic heterocycles. The first kappa shape index (κ1) is 15.1. The first-order chi connectivity index (χ1) is 11.7. The number of hydrogen-bond donors (Lipinski definition) is 1. The van der Waals surface area contributed by atoms with Crippen molar-refractivity contribution in [1.82, 2.24) is 14.9 Å². The van der Waals surface area contributed by atoms with Crippen LogP contribution in [0.1, 0.15) is 23.7 Å². The van der Waals surface area contributed by atoms with Crippen LogP contribution in [0.15, 0.2) is 42.5 Å². The molecule has 5 heteroatoms. The third kappa shape index (κ3) is 2.87. The molecule has 4 rings (SSSR count). The summed E-state index contributed by atoms with van der Waals surface area (Å²) in [6.45, 7) is 2.84. The highest BCUT2D eigenvalue weighted by Crippen LogP contribution is 2.29. The average molecular weight is 325 g/mol. The van der Waals surface area contributed by atoms with Gasteiger partial charge in [0, 0.05) is 24.6 Å². The number of ether oxygens (including phenoxy) is 1. The topological polar surface area (TPSA) is 41.1 Å². The lowest BCUT2D eigenvalue weighted by atomic mass is 10.1. The fourth-order valence-electron chi connectivity index (χ4n) is 3.47. The van der Waals surface area contributed by atoms with Gasteiger partial charge in [-0.15, -0.1) is 0 Å². The number of imidazole rings is 1. The Morgan fingerprint density at radius 2 is 2.17 bits per heavy atom. The van der Waals surface area contributed by atoms with Crippen LogP contribution in [0.5, 0.6) is 5.75 Å². The maximum absolute atomic E-state index is 13.3. The first-order valence-electron chi connectivity index (χ1n) is 8.22. The van der Waals surface area contributed by atoms with Gasteiger partial charge in [0.1, 0.15) is 17.4 Å². The molecule has 24 heavy (non-hydrogen) atoms. The minimum Gasteiger partial charge on any atom is -0.496 e. The fourth-order valence-corrected chi connectivity index (χ4v) is 3.47. The summed E-state index contributed by atoms with van der Waals surface area (Å²) in [7, 11) is 1.71. The number of hydrogen-bond acceptors (Lipinski definition) is 3. The number of para-hydroxylation sites is 1. The highest BCUT2D eigenvalue weighted by molar-refractivity contribution is 5.75. The lowest BCUT2D eigenvalue weighted by Gasteiger charge is -2.17. The largest absolute Gasteiger partial charge is 0.496 e. The summed E-state index contributed by atoms with van der Waals surface area (Å²) in [5, 5.41) is 0. The van der Waals surface area contributed by atoms with Gasteiger partial charge in [-0.3, -0.25) is 4.90 Å². The van der Waals surface area contributed by atoms with Crippen molar-refractivity contribution < 1.29 is 9.13 Å². The minimum atomic E-state index is -0.234. The van der Waals surface area contributed by atoms with Gasteiger partial charge in [-0.05, 0) is 37.2 Å². The Balaban J connectivity index is 1.49. The van der Waals surface area contributed by atoms with E-state index < -0.39 is 0 Å². The molecule has 3 aromatic rings. The molecular weight excluding hydrogens is 305 g/mol. The summed E-state index contributed by atoms with van der Waals surface area (Å²) >= 11 is 0. The summed E-state index contributed by atoms with van der Waals surface area (Å²) in [5.74, 6) is 2.01. The molecule has 124 valence electrons. The molecule has 0 amide bonds. The standard InChI is InChI=1S/C19H20FN3O/c1-24-18-5-3-2-4-13(18)11-23-9-8-14(12-23)19-21-16-7-6-15(20)10-17(16)22-19/h2-7,10,14H,8-9,11-12H2,1H3,(H,21,22). The second-order valence-corrected chi connectivity index (χ2v) is 6.32. The molecule has 0 saturated carbocycles. The third-order valence-corrected chi connectivity index (χ3v) is 4.71. The number of likely N-dealkylation sites (tertiary alicyclic amines) is 1. The minimum absolute atomic E-state index is 0.234. The van der Waals surface area contributed by atoms with Crippen molar-refractivity contribution in [2.24, 2.45) is 0 Å². The molecular formula is C19H20FN3O. The number of H-pyrrole nitrogens is 1. The van der Waals surface area contributed by atoms with E-state index in [1.54, 1.807) is 13.2 Å². The van der Waals surface area contributed by atoms with Gasteiger partial charge in [0.2, 0.25) is 0 Å². The second-order valence-electron chi connectivity index (χ2n) is 6.32. The summed E-state index contributed by atoms with van der Waals surface area (Å²) in [6, 6.07) is 12.8. The van der Waals surface area contributed by atoms with E-state index in [2.05, 4.69) is 20.9 Å². The number of aromatic amines is 1. The molecule has 1 saturated heterocycles. The Labute approximate surface area is 140 Å². The number of aromatic nitrogens is 2. The van der Waals surface area contributed by atoms with Crippen molar-refractivity contribution in [3.8, 4) is 5.75 Å². The first-order valence-corrected chi connectivity index (χ1v) is 8.22. The molecule has 1 unspecified atom stereocenters. The average Bonchev–Trinajstić information content (AvgIpc) is 3.21. The zero-order chi connectivity index (χ0) is 16.5. The molecule has 1 aromatic heterocycles. The quantitative estimate of drug-likeness (QED) is 0.795. The zero-order valence-corrected chi connectivity index (χ0v) is 13.6. The van der Waals surface area contributed by atoms with E-state index in [4.69, 9.17) is 4.74 Å². The molecule has 1 fully saturated rings. The molecule has 1 aliphatic rings. The predicted octanol–water partition coefficient (Wildman–Crippen LogP) is 3.70. The summed E-state index contributed by atoms with van der Waals surface area (Å²) in [4.78, 5) is 10.3. The van der Waals surface area contributed by atoms with E-state index >= 15 is 0 Å². The smallest absolute Gasteiger partial charge is 0.125 e. The van der Waals surface area contributed by atoms with Crippen LogP contribution in [0.3, 0.4) is 0 Å². The van der Waals surface area contributed by atoms with Crippen molar-refractivity contribution in [2.75, 3.05) is 20.2 Å². The van der Waals surface area contributed by atoms with E-state index in [1.807, 2.05) is 18.2 Å². The zero-order valence-electron chi connectivity index (χ0n) is 13.6. The number of halogens is 1. The van der Waals surface area contributed by atoms with Crippen LogP contribution in [0.4, 0.5) is 4.39 Å². The van der Waals surface area contributed by atoms with Crippen molar-refractivity contribution in [1.29, 1.82) is 0 Å². The molecule has 2 heterocycles. The fraction of sp³-hybridized carbons (Fsp3) is 0.316. The van der Waals surface area contributed by atoms with Gasteiger partial charge in [-0.1, -0.05) is 18.2 Å². The van der Waals surface area contributed by atoms with Crippen LogP contribution in [0.2, 0.25) is 0 Å². The van der Waals surface area contributed by atoms with Gasteiger partial charge in [-0.2, -0.15) is 0 Å². The molecule has 2 aromatic carbocycles. The Kier molecular flexibility index (Phi) is 3.94. The van der Waals surface area contributed by atoms with Crippen molar-refractivity contribution in [3.05, 3.63) is 59.7 Å². The van der Waals surface area contributed by atoms with Crippen LogP contribution < -0.4 is 4.74 Å². The normalized spacial score (nSPS) is 18.3. The number of nitrogens with zero attached hydrogens (tertiary/aromatic N) is 2. The van der Waals surface area contributed by atoms with E-state index in [-0.39, 0.29) is 5.82 Å². The van der Waals surface area contributed by atoms with Gasteiger partial charge < -0.3 is 9.72 Å². The van der Waals surface area contributed by atoms with Crippen molar-refractivity contribution >= 4 is 11.0 Å². The molecule has 1 atom stereocenters. The Morgan fingerprint density at radius 3 is 3.04 bits per heavy atom. The molecule has 0 bridgehead atoms.